The first-order chi connectivity index (χ1) is 12.4. The second kappa shape index (κ2) is 12.2. The molecule has 27 heavy (non-hydrogen) atoms. The number of thiazole rings is 1. The maximum atomic E-state index is 10.7. The summed E-state index contributed by atoms with van der Waals surface area (Å²) >= 11 is 1.75. The second-order valence-electron chi connectivity index (χ2n) is 7.00. The van der Waals surface area contributed by atoms with Gasteiger partial charge < -0.3 is 20.5 Å². The summed E-state index contributed by atoms with van der Waals surface area (Å²) in [5, 5.41) is 18.4. The van der Waals surface area contributed by atoms with E-state index in [9.17, 15) is 5.11 Å². The van der Waals surface area contributed by atoms with Crippen LogP contribution in [-0.4, -0.2) is 79.0 Å². The zero-order chi connectivity index (χ0) is 19.0. The molecule has 0 radical (unpaired) electrons. The van der Waals surface area contributed by atoms with Crippen LogP contribution >= 0.6 is 35.3 Å². The Morgan fingerprint density at radius 1 is 1.33 bits per heavy atom. The molecule has 1 saturated heterocycles. The van der Waals surface area contributed by atoms with Crippen molar-refractivity contribution in [3.05, 3.63) is 15.6 Å². The molecule has 1 fully saturated rings. The summed E-state index contributed by atoms with van der Waals surface area (Å²) < 4.78 is 5.36. The highest BCUT2D eigenvalue weighted by atomic mass is 127. The number of hydrogen-bond donors (Lipinski definition) is 3. The van der Waals surface area contributed by atoms with Crippen LogP contribution in [0.3, 0.4) is 0 Å². The molecule has 1 aromatic heterocycles. The third-order valence-corrected chi connectivity index (χ3v) is 5.37. The zero-order valence-electron chi connectivity index (χ0n) is 16.9. The van der Waals surface area contributed by atoms with Crippen molar-refractivity contribution in [2.45, 2.75) is 39.7 Å². The van der Waals surface area contributed by atoms with Crippen molar-refractivity contribution in [3.8, 4) is 0 Å². The normalized spacial score (nSPS) is 17.9. The van der Waals surface area contributed by atoms with Gasteiger partial charge in [-0.2, -0.15) is 0 Å². The topological polar surface area (TPSA) is 82.0 Å². The third-order valence-electron chi connectivity index (χ3n) is 4.23. The molecule has 1 unspecified atom stereocenters. The average Bonchev–Trinajstić information content (AvgIpc) is 2.91. The van der Waals surface area contributed by atoms with Gasteiger partial charge in [-0.25, -0.2) is 4.98 Å². The largest absolute Gasteiger partial charge is 0.387 e. The number of aliphatic hydroxyl groups is 1. The smallest absolute Gasteiger partial charge is 0.191 e. The first-order valence-electron chi connectivity index (χ1n) is 9.37. The molecule has 1 atom stereocenters. The molecule has 0 amide bonds. The van der Waals surface area contributed by atoms with Crippen LogP contribution in [0.15, 0.2) is 4.99 Å². The lowest BCUT2D eigenvalue weighted by atomic mass is 10.1. The van der Waals surface area contributed by atoms with Gasteiger partial charge in [0.1, 0.15) is 0 Å². The Labute approximate surface area is 184 Å². The molecule has 1 aliphatic rings. The fourth-order valence-electron chi connectivity index (χ4n) is 2.98. The lowest BCUT2D eigenvalue weighted by Crippen LogP contribution is -2.48. The predicted octanol–water partition coefficient (Wildman–Crippen LogP) is 1.56. The van der Waals surface area contributed by atoms with Crippen molar-refractivity contribution in [1.29, 1.82) is 0 Å². The Morgan fingerprint density at radius 3 is 2.63 bits per heavy atom. The molecule has 156 valence electrons. The number of ether oxygens (including phenoxy) is 1. The number of hydrogen-bond acceptors (Lipinski definition) is 6. The number of guanidine groups is 1. The van der Waals surface area contributed by atoms with E-state index >= 15 is 0 Å². The van der Waals surface area contributed by atoms with Crippen molar-refractivity contribution >= 4 is 41.3 Å². The quantitative estimate of drug-likeness (QED) is 0.279. The van der Waals surface area contributed by atoms with Crippen molar-refractivity contribution in [3.63, 3.8) is 0 Å². The van der Waals surface area contributed by atoms with Gasteiger partial charge in [-0.3, -0.25) is 9.89 Å². The molecule has 0 aromatic carbocycles. The van der Waals surface area contributed by atoms with Crippen LogP contribution in [0.25, 0.3) is 0 Å². The van der Waals surface area contributed by atoms with E-state index in [1.54, 1.807) is 11.3 Å². The van der Waals surface area contributed by atoms with E-state index in [2.05, 4.69) is 32.4 Å². The minimum absolute atomic E-state index is 0. The van der Waals surface area contributed by atoms with Gasteiger partial charge in [0.2, 0.25) is 0 Å². The average molecular weight is 511 g/mol. The van der Waals surface area contributed by atoms with Crippen LogP contribution < -0.4 is 10.6 Å². The van der Waals surface area contributed by atoms with Gasteiger partial charge in [-0.05, 0) is 27.7 Å². The molecule has 2 rings (SSSR count). The van der Waals surface area contributed by atoms with Crippen LogP contribution in [0.4, 0.5) is 0 Å². The fourth-order valence-corrected chi connectivity index (χ4v) is 3.92. The number of aromatic nitrogens is 1. The van der Waals surface area contributed by atoms with Crippen molar-refractivity contribution < 1.29 is 9.84 Å². The summed E-state index contributed by atoms with van der Waals surface area (Å²) in [6.07, 6.45) is 0.923. The molecule has 1 aromatic rings. The van der Waals surface area contributed by atoms with E-state index in [4.69, 9.17) is 4.74 Å². The van der Waals surface area contributed by atoms with E-state index in [1.807, 2.05) is 20.8 Å². The number of aliphatic imine (C=N–C) groups is 1. The van der Waals surface area contributed by atoms with E-state index in [-0.39, 0.29) is 24.0 Å². The number of nitrogens with one attached hydrogen (secondary N) is 2. The summed E-state index contributed by atoms with van der Waals surface area (Å²) in [7, 11) is 0. The molecule has 0 bridgehead atoms. The molecule has 0 saturated carbocycles. The van der Waals surface area contributed by atoms with E-state index in [0.29, 0.717) is 13.1 Å². The molecule has 9 heteroatoms. The van der Waals surface area contributed by atoms with E-state index in [1.165, 1.54) is 4.88 Å². The molecule has 3 N–H and O–H groups in total. The maximum Gasteiger partial charge on any atom is 0.191 e. The van der Waals surface area contributed by atoms with E-state index < -0.39 is 5.60 Å². The molecule has 0 aliphatic carbocycles. The summed E-state index contributed by atoms with van der Waals surface area (Å²) in [5.41, 5.74) is 0.259. The number of rotatable bonds is 8. The standard InChI is InChI=1S/C18H33N5O2S.HI/c1-5-19-17(20-7-6-16-14(2)22-15(3)26-16)21-12-18(4,24)13-23-8-10-25-11-9-23;/h24H,5-13H2,1-4H3,(H2,19,20,21);1H. The predicted molar refractivity (Wildman–Crippen MR) is 123 cm³/mol. The van der Waals surface area contributed by atoms with Crippen molar-refractivity contribution in [1.82, 2.24) is 20.5 Å². The summed E-state index contributed by atoms with van der Waals surface area (Å²) in [6.45, 7) is 13.7. The number of halogens is 1. The summed E-state index contributed by atoms with van der Waals surface area (Å²) in [4.78, 5) is 12.6. The molecule has 0 spiro atoms. The van der Waals surface area contributed by atoms with E-state index in [0.717, 1.165) is 62.5 Å². The highest BCUT2D eigenvalue weighted by molar-refractivity contribution is 14.0. The van der Waals surface area contributed by atoms with Crippen LogP contribution in [0.5, 0.6) is 0 Å². The molecular weight excluding hydrogens is 477 g/mol. The number of β-amino-alcohol motifs (C(OH)–C–C–N with tert-alkyl or cyclic N) is 1. The van der Waals surface area contributed by atoms with Gasteiger partial charge in [0.05, 0.1) is 36.1 Å². The lowest BCUT2D eigenvalue weighted by molar-refractivity contribution is -0.0179. The number of aryl methyl sites for hydroxylation is 2. The van der Waals surface area contributed by atoms with Gasteiger partial charge in [0.15, 0.2) is 5.96 Å². The Bertz CT molecular complexity index is 588. The SMILES string of the molecule is CCNC(=NCC(C)(O)CN1CCOCC1)NCCc1sc(C)nc1C.I. The first-order valence-corrected chi connectivity index (χ1v) is 10.2. The van der Waals surface area contributed by atoms with Gasteiger partial charge in [-0.15, -0.1) is 35.3 Å². The van der Waals surface area contributed by atoms with Crippen LogP contribution in [0.2, 0.25) is 0 Å². The van der Waals surface area contributed by atoms with Crippen LogP contribution in [-0.2, 0) is 11.2 Å². The second-order valence-corrected chi connectivity index (χ2v) is 8.29. The highest BCUT2D eigenvalue weighted by Crippen LogP contribution is 2.17. The van der Waals surface area contributed by atoms with Crippen LogP contribution in [0, 0.1) is 13.8 Å². The number of morpholine rings is 1. The zero-order valence-corrected chi connectivity index (χ0v) is 20.0. The third kappa shape index (κ3) is 9.03. The monoisotopic (exact) mass is 511 g/mol. The Morgan fingerprint density at radius 2 is 2.04 bits per heavy atom. The Kier molecular flexibility index (Phi) is 11.0. The fraction of sp³-hybridized carbons (Fsp3) is 0.778. The van der Waals surface area contributed by atoms with Crippen molar-refractivity contribution in [2.24, 2.45) is 4.99 Å². The van der Waals surface area contributed by atoms with Gasteiger partial charge in [-0.1, -0.05) is 0 Å². The lowest BCUT2D eigenvalue weighted by Gasteiger charge is -2.33. The molecule has 1 aliphatic heterocycles. The maximum absolute atomic E-state index is 10.7. The van der Waals surface area contributed by atoms with Gasteiger partial charge >= 0.3 is 0 Å². The highest BCUT2D eigenvalue weighted by Gasteiger charge is 2.25. The molecule has 2 heterocycles. The number of nitrogens with zero attached hydrogens (tertiary/aromatic N) is 3. The summed E-state index contributed by atoms with van der Waals surface area (Å²) in [6, 6.07) is 0. The molecule has 7 nitrogen and oxygen atoms in total. The Balaban J connectivity index is 0.00000364. The first kappa shape index (κ1) is 24.5. The van der Waals surface area contributed by atoms with Gasteiger partial charge in [0, 0.05) is 44.0 Å². The minimum atomic E-state index is -0.856. The minimum Gasteiger partial charge on any atom is -0.387 e. The van der Waals surface area contributed by atoms with Crippen LogP contribution in [0.1, 0.15) is 29.4 Å². The Hall–Kier alpha value is -0.490. The summed E-state index contributed by atoms with van der Waals surface area (Å²) in [5.74, 6) is 0.744. The van der Waals surface area contributed by atoms with Gasteiger partial charge in [0.25, 0.3) is 0 Å². The van der Waals surface area contributed by atoms with Crippen molar-refractivity contribution in [2.75, 3.05) is 52.5 Å². The molecular formula is C18H34IN5O2S.